The molecule has 2 aromatic rings. The number of hydrogen-bond acceptors (Lipinski definition) is 5. The highest BCUT2D eigenvalue weighted by Crippen LogP contribution is 2.25. The Morgan fingerprint density at radius 2 is 2.29 bits per heavy atom. The van der Waals surface area contributed by atoms with E-state index in [1.807, 2.05) is 24.6 Å². The summed E-state index contributed by atoms with van der Waals surface area (Å²) in [6.45, 7) is 0. The van der Waals surface area contributed by atoms with Gasteiger partial charge in [0.1, 0.15) is 0 Å². The van der Waals surface area contributed by atoms with Gasteiger partial charge in [-0.3, -0.25) is 0 Å². The number of hydrogen-bond donors (Lipinski definition) is 1. The van der Waals surface area contributed by atoms with Crippen molar-refractivity contribution in [1.82, 2.24) is 4.98 Å². The van der Waals surface area contributed by atoms with Crippen LogP contribution in [0, 0.1) is 0 Å². The highest BCUT2D eigenvalue weighted by atomic mass is 32.1. The Kier molecular flexibility index (Phi) is 3.39. The van der Waals surface area contributed by atoms with E-state index in [-0.39, 0.29) is 5.97 Å². The molecule has 0 atom stereocenters. The third kappa shape index (κ3) is 2.45. The van der Waals surface area contributed by atoms with E-state index in [4.69, 9.17) is 0 Å². The van der Waals surface area contributed by atoms with Crippen LogP contribution >= 0.6 is 11.3 Å². The van der Waals surface area contributed by atoms with Crippen molar-refractivity contribution in [3.63, 3.8) is 0 Å². The summed E-state index contributed by atoms with van der Waals surface area (Å²) in [5.74, 6) is -0.337. The van der Waals surface area contributed by atoms with Crippen LogP contribution < -0.4 is 5.32 Å². The van der Waals surface area contributed by atoms with Crippen LogP contribution in [-0.4, -0.2) is 25.1 Å². The summed E-state index contributed by atoms with van der Waals surface area (Å²) in [6.07, 6.45) is 0. The number of methoxy groups -OCH3 is 1. The normalized spacial score (nSPS) is 10.0. The molecule has 0 saturated carbocycles. The molecule has 1 aromatic heterocycles. The molecular weight excluding hydrogens is 236 g/mol. The van der Waals surface area contributed by atoms with Crippen molar-refractivity contribution >= 4 is 22.4 Å². The number of carbonyl (C=O) groups is 1. The van der Waals surface area contributed by atoms with Crippen LogP contribution in [0.2, 0.25) is 0 Å². The zero-order valence-corrected chi connectivity index (χ0v) is 10.4. The fourth-order valence-electron chi connectivity index (χ4n) is 1.44. The summed E-state index contributed by atoms with van der Waals surface area (Å²) in [5, 5.41) is 5.78. The molecular formula is C12H12N2O2S. The fraction of sp³-hybridized carbons (Fsp3) is 0.167. The maximum atomic E-state index is 11.4. The van der Waals surface area contributed by atoms with E-state index in [1.165, 1.54) is 18.4 Å². The summed E-state index contributed by atoms with van der Waals surface area (Å²) in [7, 11) is 3.20. The minimum atomic E-state index is -0.337. The minimum Gasteiger partial charge on any atom is -0.465 e. The van der Waals surface area contributed by atoms with Gasteiger partial charge in [0.05, 0.1) is 18.4 Å². The van der Waals surface area contributed by atoms with E-state index >= 15 is 0 Å². The van der Waals surface area contributed by atoms with Crippen LogP contribution in [0.4, 0.5) is 5.13 Å². The lowest BCUT2D eigenvalue weighted by Crippen LogP contribution is -2.00. The molecule has 2 rings (SSSR count). The van der Waals surface area contributed by atoms with E-state index in [2.05, 4.69) is 15.0 Å². The lowest BCUT2D eigenvalue weighted by atomic mass is 10.1. The third-order valence-corrected chi connectivity index (χ3v) is 3.16. The van der Waals surface area contributed by atoms with E-state index in [9.17, 15) is 4.79 Å². The van der Waals surface area contributed by atoms with E-state index < -0.39 is 0 Å². The van der Waals surface area contributed by atoms with Gasteiger partial charge < -0.3 is 10.1 Å². The molecule has 0 spiro atoms. The topological polar surface area (TPSA) is 51.2 Å². The number of nitrogens with zero attached hydrogens (tertiary/aromatic N) is 1. The highest BCUT2D eigenvalue weighted by Gasteiger charge is 2.08. The van der Waals surface area contributed by atoms with Crippen LogP contribution in [0.3, 0.4) is 0 Å². The van der Waals surface area contributed by atoms with Gasteiger partial charge in [-0.1, -0.05) is 12.1 Å². The number of thiazole rings is 1. The lowest BCUT2D eigenvalue weighted by Gasteiger charge is -2.01. The first-order chi connectivity index (χ1) is 8.24. The van der Waals surface area contributed by atoms with Gasteiger partial charge in [0, 0.05) is 18.0 Å². The third-order valence-electron chi connectivity index (χ3n) is 2.30. The van der Waals surface area contributed by atoms with Crippen molar-refractivity contribution in [3.8, 4) is 11.3 Å². The molecule has 0 aliphatic rings. The number of esters is 1. The van der Waals surface area contributed by atoms with E-state index in [0.29, 0.717) is 5.56 Å². The molecule has 1 aromatic carbocycles. The van der Waals surface area contributed by atoms with Crippen LogP contribution in [0.15, 0.2) is 29.6 Å². The number of aromatic nitrogens is 1. The number of benzene rings is 1. The molecule has 0 radical (unpaired) electrons. The zero-order valence-electron chi connectivity index (χ0n) is 9.56. The lowest BCUT2D eigenvalue weighted by molar-refractivity contribution is 0.0601. The number of nitrogens with one attached hydrogen (secondary N) is 1. The first-order valence-electron chi connectivity index (χ1n) is 5.06. The summed E-state index contributed by atoms with van der Waals surface area (Å²) in [6, 6.07) is 7.24. The standard InChI is InChI=1S/C12H12N2O2S/c1-13-12-14-10(7-17-12)8-4-3-5-9(6-8)11(15)16-2/h3-7H,1-2H3,(H,13,14). The van der Waals surface area contributed by atoms with Crippen molar-refractivity contribution in [2.75, 3.05) is 19.5 Å². The molecule has 0 unspecified atom stereocenters. The monoisotopic (exact) mass is 248 g/mol. The van der Waals surface area contributed by atoms with Crippen molar-refractivity contribution in [2.24, 2.45) is 0 Å². The predicted octanol–water partition coefficient (Wildman–Crippen LogP) is 2.64. The zero-order chi connectivity index (χ0) is 12.3. The number of rotatable bonds is 3. The average Bonchev–Trinajstić information content (AvgIpc) is 2.86. The van der Waals surface area contributed by atoms with Gasteiger partial charge in [0.25, 0.3) is 0 Å². The first kappa shape index (κ1) is 11.6. The highest BCUT2D eigenvalue weighted by molar-refractivity contribution is 7.14. The van der Waals surface area contributed by atoms with Crippen LogP contribution in [0.1, 0.15) is 10.4 Å². The molecule has 0 aliphatic carbocycles. The van der Waals surface area contributed by atoms with Gasteiger partial charge in [-0.05, 0) is 12.1 Å². The summed E-state index contributed by atoms with van der Waals surface area (Å²) >= 11 is 1.53. The van der Waals surface area contributed by atoms with Crippen LogP contribution in [0.5, 0.6) is 0 Å². The van der Waals surface area contributed by atoms with Crippen molar-refractivity contribution in [3.05, 3.63) is 35.2 Å². The fourth-order valence-corrected chi connectivity index (χ4v) is 2.13. The summed E-state index contributed by atoms with van der Waals surface area (Å²) in [5.41, 5.74) is 2.29. The van der Waals surface area contributed by atoms with Gasteiger partial charge in [0.15, 0.2) is 5.13 Å². The summed E-state index contributed by atoms with van der Waals surface area (Å²) < 4.78 is 4.68. The smallest absolute Gasteiger partial charge is 0.337 e. The van der Waals surface area contributed by atoms with E-state index in [1.54, 1.807) is 12.1 Å². The maximum absolute atomic E-state index is 11.4. The largest absolute Gasteiger partial charge is 0.465 e. The quantitative estimate of drug-likeness (QED) is 0.848. The van der Waals surface area contributed by atoms with Crippen molar-refractivity contribution in [2.45, 2.75) is 0 Å². The molecule has 17 heavy (non-hydrogen) atoms. The molecule has 0 amide bonds. The van der Waals surface area contributed by atoms with Crippen molar-refractivity contribution in [1.29, 1.82) is 0 Å². The minimum absolute atomic E-state index is 0.337. The van der Waals surface area contributed by atoms with Crippen LogP contribution in [-0.2, 0) is 4.74 Å². The maximum Gasteiger partial charge on any atom is 0.337 e. The Morgan fingerprint density at radius 3 is 2.94 bits per heavy atom. The SMILES string of the molecule is CNc1nc(-c2cccc(C(=O)OC)c2)cs1. The molecule has 5 heteroatoms. The first-order valence-corrected chi connectivity index (χ1v) is 5.94. The Hall–Kier alpha value is -1.88. The second-order valence-electron chi connectivity index (χ2n) is 3.36. The summed E-state index contributed by atoms with van der Waals surface area (Å²) in [4.78, 5) is 15.8. The number of carbonyl (C=O) groups excluding carboxylic acids is 1. The van der Waals surface area contributed by atoms with Gasteiger partial charge in [-0.15, -0.1) is 11.3 Å². The van der Waals surface area contributed by atoms with Gasteiger partial charge in [-0.2, -0.15) is 0 Å². The molecule has 4 nitrogen and oxygen atoms in total. The van der Waals surface area contributed by atoms with Gasteiger partial charge in [0.2, 0.25) is 0 Å². The average molecular weight is 248 g/mol. The second kappa shape index (κ2) is 4.97. The molecule has 0 fully saturated rings. The molecule has 0 aliphatic heterocycles. The molecule has 88 valence electrons. The predicted molar refractivity (Wildman–Crippen MR) is 68.4 cm³/mol. The van der Waals surface area contributed by atoms with E-state index in [0.717, 1.165) is 16.4 Å². The Bertz CT molecular complexity index is 537. The number of ether oxygens (including phenoxy) is 1. The van der Waals surface area contributed by atoms with Gasteiger partial charge in [-0.25, -0.2) is 9.78 Å². The Morgan fingerprint density at radius 1 is 1.47 bits per heavy atom. The molecule has 0 saturated heterocycles. The van der Waals surface area contributed by atoms with Crippen molar-refractivity contribution < 1.29 is 9.53 Å². The molecule has 1 N–H and O–H groups in total. The Balaban J connectivity index is 2.35. The molecule has 1 heterocycles. The Labute approximate surface area is 103 Å². The van der Waals surface area contributed by atoms with Crippen LogP contribution in [0.25, 0.3) is 11.3 Å². The second-order valence-corrected chi connectivity index (χ2v) is 4.22. The number of anilines is 1. The molecule has 0 bridgehead atoms. The van der Waals surface area contributed by atoms with Gasteiger partial charge >= 0.3 is 5.97 Å².